The Kier molecular flexibility index (Phi) is 2.68. The van der Waals surface area contributed by atoms with Crippen LogP contribution >= 0.6 is 0 Å². The monoisotopic (exact) mass is 228 g/mol. The SMILES string of the molecule is Cc1ccc(C#N)cc1N1C(=O)CC(C)C1=O. The fourth-order valence-corrected chi connectivity index (χ4v) is 1.96. The number of imide groups is 1. The van der Waals surface area contributed by atoms with Crippen molar-refractivity contribution in [3.63, 3.8) is 0 Å². The lowest BCUT2D eigenvalue weighted by atomic mass is 10.1. The van der Waals surface area contributed by atoms with Crippen molar-refractivity contribution in [3.8, 4) is 6.07 Å². The quantitative estimate of drug-likeness (QED) is 0.688. The van der Waals surface area contributed by atoms with Gasteiger partial charge < -0.3 is 0 Å². The Balaban J connectivity index is 2.51. The zero-order valence-corrected chi connectivity index (χ0v) is 9.73. The minimum absolute atomic E-state index is 0.187. The fourth-order valence-electron chi connectivity index (χ4n) is 1.96. The van der Waals surface area contributed by atoms with Gasteiger partial charge in [0.25, 0.3) is 0 Å². The summed E-state index contributed by atoms with van der Waals surface area (Å²) in [7, 11) is 0. The third-order valence-corrected chi connectivity index (χ3v) is 2.95. The molecule has 2 amide bonds. The molecule has 1 aliphatic heterocycles. The molecule has 0 spiro atoms. The molecule has 1 aliphatic rings. The number of benzene rings is 1. The fraction of sp³-hybridized carbons (Fsp3) is 0.308. The second-order valence-electron chi connectivity index (χ2n) is 4.29. The zero-order valence-electron chi connectivity index (χ0n) is 9.73. The lowest BCUT2D eigenvalue weighted by molar-refractivity contribution is -0.122. The van der Waals surface area contributed by atoms with Gasteiger partial charge in [-0.25, -0.2) is 0 Å². The summed E-state index contributed by atoms with van der Waals surface area (Å²) < 4.78 is 0. The van der Waals surface area contributed by atoms with Gasteiger partial charge in [0.1, 0.15) is 0 Å². The first-order valence-corrected chi connectivity index (χ1v) is 5.42. The van der Waals surface area contributed by atoms with Crippen LogP contribution in [0.5, 0.6) is 0 Å². The van der Waals surface area contributed by atoms with Crippen LogP contribution in [0.15, 0.2) is 18.2 Å². The summed E-state index contributed by atoms with van der Waals surface area (Å²) in [4.78, 5) is 24.9. The van der Waals surface area contributed by atoms with Crippen LogP contribution in [0.4, 0.5) is 5.69 Å². The van der Waals surface area contributed by atoms with Gasteiger partial charge in [-0.05, 0) is 24.6 Å². The first-order valence-electron chi connectivity index (χ1n) is 5.42. The Morgan fingerprint density at radius 3 is 2.65 bits per heavy atom. The highest BCUT2D eigenvalue weighted by Gasteiger charge is 2.37. The van der Waals surface area contributed by atoms with E-state index in [-0.39, 0.29) is 24.2 Å². The van der Waals surface area contributed by atoms with E-state index in [0.29, 0.717) is 11.3 Å². The third kappa shape index (κ3) is 1.80. The average molecular weight is 228 g/mol. The highest BCUT2D eigenvalue weighted by molar-refractivity contribution is 6.21. The Labute approximate surface area is 99.5 Å². The van der Waals surface area contributed by atoms with Gasteiger partial charge in [0.2, 0.25) is 11.8 Å². The van der Waals surface area contributed by atoms with Crippen molar-refractivity contribution < 1.29 is 9.59 Å². The lowest BCUT2D eigenvalue weighted by Gasteiger charge is -2.17. The van der Waals surface area contributed by atoms with Crippen molar-refractivity contribution in [1.29, 1.82) is 5.26 Å². The van der Waals surface area contributed by atoms with Gasteiger partial charge >= 0.3 is 0 Å². The molecule has 1 aromatic rings. The molecule has 0 saturated carbocycles. The van der Waals surface area contributed by atoms with E-state index < -0.39 is 0 Å². The Bertz CT molecular complexity index is 543. The molecule has 1 aromatic carbocycles. The average Bonchev–Trinajstić information content (AvgIpc) is 2.55. The molecule has 1 fully saturated rings. The van der Waals surface area contributed by atoms with Crippen molar-refractivity contribution in [1.82, 2.24) is 0 Å². The van der Waals surface area contributed by atoms with Crippen LogP contribution in [0.25, 0.3) is 0 Å². The maximum atomic E-state index is 11.9. The molecular formula is C13H12N2O2. The van der Waals surface area contributed by atoms with Crippen molar-refractivity contribution in [3.05, 3.63) is 29.3 Å². The molecule has 17 heavy (non-hydrogen) atoms. The van der Waals surface area contributed by atoms with E-state index in [1.54, 1.807) is 25.1 Å². The molecule has 4 nitrogen and oxygen atoms in total. The van der Waals surface area contributed by atoms with E-state index >= 15 is 0 Å². The molecule has 0 N–H and O–H groups in total. The standard InChI is InChI=1S/C13H12N2O2/c1-8-3-4-10(7-14)6-11(8)15-12(16)5-9(2)13(15)17/h3-4,6,9H,5H2,1-2H3. The van der Waals surface area contributed by atoms with Crippen molar-refractivity contribution in [2.24, 2.45) is 5.92 Å². The molecule has 0 aliphatic carbocycles. The largest absolute Gasteiger partial charge is 0.274 e. The maximum absolute atomic E-state index is 11.9. The molecule has 1 heterocycles. The highest BCUT2D eigenvalue weighted by atomic mass is 16.2. The first-order chi connectivity index (χ1) is 8.04. The molecule has 1 atom stereocenters. The topological polar surface area (TPSA) is 61.2 Å². The van der Waals surface area contributed by atoms with Gasteiger partial charge in [-0.2, -0.15) is 5.26 Å². The van der Waals surface area contributed by atoms with Gasteiger partial charge in [-0.1, -0.05) is 13.0 Å². The van der Waals surface area contributed by atoms with E-state index in [4.69, 9.17) is 5.26 Å². The highest BCUT2D eigenvalue weighted by Crippen LogP contribution is 2.29. The number of hydrogen-bond acceptors (Lipinski definition) is 3. The van der Waals surface area contributed by atoms with Crippen LogP contribution in [0.3, 0.4) is 0 Å². The summed E-state index contributed by atoms with van der Waals surface area (Å²) in [5.74, 6) is -0.651. The number of nitrogens with zero attached hydrogens (tertiary/aromatic N) is 2. The summed E-state index contributed by atoms with van der Waals surface area (Å²) in [5, 5.41) is 8.84. The second-order valence-corrected chi connectivity index (χ2v) is 4.29. The number of carbonyl (C=O) groups is 2. The van der Waals surface area contributed by atoms with Crippen LogP contribution in [0, 0.1) is 24.2 Å². The zero-order chi connectivity index (χ0) is 12.6. The predicted molar refractivity (Wildman–Crippen MR) is 62.2 cm³/mol. The minimum Gasteiger partial charge on any atom is -0.274 e. The van der Waals surface area contributed by atoms with Crippen molar-refractivity contribution in [2.75, 3.05) is 4.90 Å². The molecule has 1 saturated heterocycles. The van der Waals surface area contributed by atoms with E-state index in [1.807, 2.05) is 13.0 Å². The Morgan fingerprint density at radius 1 is 1.41 bits per heavy atom. The Hall–Kier alpha value is -2.15. The molecule has 4 heteroatoms. The van der Waals surface area contributed by atoms with Crippen LogP contribution in [0.2, 0.25) is 0 Å². The molecule has 86 valence electrons. The molecule has 2 rings (SSSR count). The number of nitriles is 1. The van der Waals surface area contributed by atoms with Gasteiger partial charge in [0, 0.05) is 12.3 Å². The molecule has 0 aromatic heterocycles. The van der Waals surface area contributed by atoms with E-state index in [2.05, 4.69) is 0 Å². The lowest BCUT2D eigenvalue weighted by Crippen LogP contribution is -2.30. The molecule has 0 radical (unpaired) electrons. The Morgan fingerprint density at radius 2 is 2.12 bits per heavy atom. The van der Waals surface area contributed by atoms with Crippen LogP contribution in [0.1, 0.15) is 24.5 Å². The van der Waals surface area contributed by atoms with Gasteiger partial charge in [-0.3, -0.25) is 14.5 Å². The number of rotatable bonds is 1. The van der Waals surface area contributed by atoms with Crippen LogP contribution in [-0.2, 0) is 9.59 Å². The predicted octanol–water partition coefficient (Wildman–Crippen LogP) is 1.77. The third-order valence-electron chi connectivity index (χ3n) is 2.95. The molecular weight excluding hydrogens is 216 g/mol. The summed E-state index contributed by atoms with van der Waals surface area (Å²) in [6, 6.07) is 7.02. The van der Waals surface area contributed by atoms with Crippen LogP contribution < -0.4 is 4.90 Å². The number of carbonyl (C=O) groups excluding carboxylic acids is 2. The normalized spacial score (nSPS) is 19.6. The van der Waals surface area contributed by atoms with E-state index in [1.165, 1.54) is 4.90 Å². The van der Waals surface area contributed by atoms with Crippen LogP contribution in [-0.4, -0.2) is 11.8 Å². The molecule has 1 unspecified atom stereocenters. The van der Waals surface area contributed by atoms with Gasteiger partial charge in [-0.15, -0.1) is 0 Å². The van der Waals surface area contributed by atoms with Gasteiger partial charge in [0.05, 0.1) is 17.3 Å². The smallest absolute Gasteiger partial charge is 0.237 e. The number of amides is 2. The summed E-state index contributed by atoms with van der Waals surface area (Å²) in [6.07, 6.45) is 0.245. The van der Waals surface area contributed by atoms with Crippen molar-refractivity contribution >= 4 is 17.5 Å². The minimum atomic E-state index is -0.271. The number of aryl methyl sites for hydroxylation is 1. The van der Waals surface area contributed by atoms with Crippen molar-refractivity contribution in [2.45, 2.75) is 20.3 Å². The van der Waals surface area contributed by atoms with Gasteiger partial charge in [0.15, 0.2) is 0 Å². The first kappa shape index (κ1) is 11.3. The summed E-state index contributed by atoms with van der Waals surface area (Å²) >= 11 is 0. The number of anilines is 1. The summed E-state index contributed by atoms with van der Waals surface area (Å²) in [5.41, 5.74) is 1.80. The molecule has 0 bridgehead atoms. The second kappa shape index (κ2) is 4.02. The van der Waals surface area contributed by atoms with E-state index in [9.17, 15) is 9.59 Å². The number of hydrogen-bond donors (Lipinski definition) is 0. The maximum Gasteiger partial charge on any atom is 0.237 e. The summed E-state index contributed by atoms with van der Waals surface area (Å²) in [6.45, 7) is 3.56. The van der Waals surface area contributed by atoms with E-state index in [0.717, 1.165) is 5.56 Å².